The minimum atomic E-state index is -3.07. The molecule has 0 N–H and O–H groups in total. The number of furan rings is 1. The molecule has 1 fully saturated rings. The maximum absolute atomic E-state index is 12.6. The SMILES string of the molecule is Cc1oc2cc3oc(=O)c(CCC(=O)N(C)[C@H]4CCS(=O)(=O)C4)c(C)c3cc2c1C. The highest BCUT2D eigenvalue weighted by atomic mass is 32.2. The second kappa shape index (κ2) is 7.27. The van der Waals surface area contributed by atoms with E-state index >= 15 is 0 Å². The van der Waals surface area contributed by atoms with E-state index in [0.717, 1.165) is 27.7 Å². The molecule has 1 aliphatic heterocycles. The Morgan fingerprint density at radius 1 is 1.10 bits per heavy atom. The summed E-state index contributed by atoms with van der Waals surface area (Å²) in [5.74, 6) is 0.770. The van der Waals surface area contributed by atoms with Crippen LogP contribution >= 0.6 is 0 Å². The maximum Gasteiger partial charge on any atom is 0.339 e. The van der Waals surface area contributed by atoms with Gasteiger partial charge in [-0.2, -0.15) is 0 Å². The summed E-state index contributed by atoms with van der Waals surface area (Å²) in [6.45, 7) is 5.74. The Balaban J connectivity index is 1.61. The zero-order valence-electron chi connectivity index (χ0n) is 17.6. The number of amides is 1. The van der Waals surface area contributed by atoms with Gasteiger partial charge in [0.2, 0.25) is 5.91 Å². The van der Waals surface area contributed by atoms with Crippen LogP contribution in [0.25, 0.3) is 21.9 Å². The number of aryl methyl sites for hydroxylation is 3. The summed E-state index contributed by atoms with van der Waals surface area (Å²) in [4.78, 5) is 26.7. The number of hydrogen-bond acceptors (Lipinski definition) is 6. The quantitative estimate of drug-likeness (QED) is 0.589. The second-order valence-electron chi connectivity index (χ2n) is 8.18. The molecule has 0 spiro atoms. The van der Waals surface area contributed by atoms with Crippen molar-refractivity contribution in [3.8, 4) is 0 Å². The smallest absolute Gasteiger partial charge is 0.339 e. The van der Waals surface area contributed by atoms with E-state index in [-0.39, 0.29) is 36.3 Å². The molecule has 1 atom stereocenters. The molecular formula is C22H25NO6S. The Hall–Kier alpha value is -2.61. The van der Waals surface area contributed by atoms with Crippen molar-refractivity contribution in [1.29, 1.82) is 0 Å². The summed E-state index contributed by atoms with van der Waals surface area (Å²) < 4.78 is 34.6. The first kappa shape index (κ1) is 20.7. The first-order valence-electron chi connectivity index (χ1n) is 9.99. The lowest BCUT2D eigenvalue weighted by atomic mass is 10.00. The number of benzene rings is 1. The third-order valence-electron chi connectivity index (χ3n) is 6.32. The van der Waals surface area contributed by atoms with Gasteiger partial charge in [0.25, 0.3) is 0 Å². The lowest BCUT2D eigenvalue weighted by Gasteiger charge is -2.23. The summed E-state index contributed by atoms with van der Waals surface area (Å²) in [5, 5.41) is 1.80. The minimum Gasteiger partial charge on any atom is -0.461 e. The van der Waals surface area contributed by atoms with Crippen molar-refractivity contribution in [2.24, 2.45) is 0 Å². The van der Waals surface area contributed by atoms with E-state index in [0.29, 0.717) is 23.2 Å². The van der Waals surface area contributed by atoms with Gasteiger partial charge < -0.3 is 13.7 Å². The molecule has 0 radical (unpaired) electrons. The third kappa shape index (κ3) is 3.53. The predicted octanol–water partition coefficient (Wildman–Crippen LogP) is 3.04. The highest BCUT2D eigenvalue weighted by molar-refractivity contribution is 7.91. The fourth-order valence-corrected chi connectivity index (χ4v) is 5.98. The summed E-state index contributed by atoms with van der Waals surface area (Å²) in [5.41, 5.74) is 2.99. The van der Waals surface area contributed by atoms with Gasteiger partial charge in [0, 0.05) is 41.9 Å². The lowest BCUT2D eigenvalue weighted by molar-refractivity contribution is -0.131. The van der Waals surface area contributed by atoms with Crippen LogP contribution in [0.2, 0.25) is 0 Å². The summed E-state index contributed by atoms with van der Waals surface area (Å²) in [6.07, 6.45) is 0.825. The van der Waals surface area contributed by atoms with Crippen molar-refractivity contribution in [3.63, 3.8) is 0 Å². The molecule has 0 saturated carbocycles. The maximum atomic E-state index is 12.6. The van der Waals surface area contributed by atoms with E-state index in [4.69, 9.17) is 8.83 Å². The Kier molecular flexibility index (Phi) is 5.00. The first-order chi connectivity index (χ1) is 14.1. The van der Waals surface area contributed by atoms with Gasteiger partial charge in [-0.1, -0.05) is 0 Å². The molecule has 1 aromatic carbocycles. The summed E-state index contributed by atoms with van der Waals surface area (Å²) in [6, 6.07) is 3.41. The fourth-order valence-electron chi connectivity index (χ4n) is 4.21. The van der Waals surface area contributed by atoms with Gasteiger partial charge in [-0.15, -0.1) is 0 Å². The molecule has 1 amide bonds. The molecule has 7 nitrogen and oxygen atoms in total. The molecular weight excluding hydrogens is 406 g/mol. The number of hydrogen-bond donors (Lipinski definition) is 0. The Labute approximate surface area is 174 Å². The standard InChI is InChI=1S/C22H25NO6S/c1-12-14(3)28-19-10-20-18(9-17(12)19)13(2)16(22(25)29-20)5-6-21(24)23(4)15-7-8-30(26,27)11-15/h9-10,15H,5-8,11H2,1-4H3/t15-/m0/s1. The van der Waals surface area contributed by atoms with Gasteiger partial charge in [0.15, 0.2) is 9.84 Å². The van der Waals surface area contributed by atoms with Crippen molar-refractivity contribution < 1.29 is 22.0 Å². The molecule has 3 heterocycles. The van der Waals surface area contributed by atoms with Crippen LogP contribution in [-0.2, 0) is 21.1 Å². The number of fused-ring (bicyclic) bond motifs is 2. The average Bonchev–Trinajstić information content (AvgIpc) is 3.18. The van der Waals surface area contributed by atoms with Gasteiger partial charge in [-0.3, -0.25) is 4.79 Å². The minimum absolute atomic E-state index is 0.00580. The Bertz CT molecular complexity index is 1330. The molecule has 4 rings (SSSR count). The van der Waals surface area contributed by atoms with Crippen molar-refractivity contribution in [3.05, 3.63) is 45.0 Å². The molecule has 30 heavy (non-hydrogen) atoms. The molecule has 3 aromatic rings. The zero-order valence-corrected chi connectivity index (χ0v) is 18.4. The van der Waals surface area contributed by atoms with Gasteiger partial charge in [-0.05, 0) is 50.8 Å². The monoisotopic (exact) mass is 431 g/mol. The number of carbonyl (C=O) groups is 1. The number of carbonyl (C=O) groups excluding carboxylic acids is 1. The Morgan fingerprint density at radius 3 is 2.43 bits per heavy atom. The molecule has 0 aliphatic carbocycles. The number of sulfone groups is 1. The third-order valence-corrected chi connectivity index (χ3v) is 8.07. The van der Waals surface area contributed by atoms with Crippen LogP contribution in [0.4, 0.5) is 0 Å². The first-order valence-corrected chi connectivity index (χ1v) is 11.8. The largest absolute Gasteiger partial charge is 0.461 e. The van der Waals surface area contributed by atoms with E-state index in [2.05, 4.69) is 0 Å². The molecule has 160 valence electrons. The second-order valence-corrected chi connectivity index (χ2v) is 10.4. The lowest BCUT2D eigenvalue weighted by Crippen LogP contribution is -2.38. The van der Waals surface area contributed by atoms with E-state index < -0.39 is 15.5 Å². The van der Waals surface area contributed by atoms with Gasteiger partial charge in [-0.25, -0.2) is 13.2 Å². The molecule has 2 aromatic heterocycles. The van der Waals surface area contributed by atoms with Crippen molar-refractivity contribution >= 4 is 37.7 Å². The van der Waals surface area contributed by atoms with Crippen LogP contribution in [0, 0.1) is 20.8 Å². The van der Waals surface area contributed by atoms with Crippen molar-refractivity contribution in [2.45, 2.75) is 46.1 Å². The molecule has 8 heteroatoms. The van der Waals surface area contributed by atoms with Crippen LogP contribution in [0.3, 0.4) is 0 Å². The number of nitrogens with zero attached hydrogens (tertiary/aromatic N) is 1. The van der Waals surface area contributed by atoms with E-state index in [9.17, 15) is 18.0 Å². The highest BCUT2D eigenvalue weighted by Gasteiger charge is 2.32. The van der Waals surface area contributed by atoms with Crippen molar-refractivity contribution in [1.82, 2.24) is 4.90 Å². The summed E-state index contributed by atoms with van der Waals surface area (Å²) >= 11 is 0. The van der Waals surface area contributed by atoms with Gasteiger partial charge in [0.1, 0.15) is 16.9 Å². The van der Waals surface area contributed by atoms with Gasteiger partial charge in [0.05, 0.1) is 11.5 Å². The van der Waals surface area contributed by atoms with Crippen molar-refractivity contribution in [2.75, 3.05) is 18.6 Å². The van der Waals surface area contributed by atoms with Crippen LogP contribution in [0.15, 0.2) is 25.8 Å². The van der Waals surface area contributed by atoms with Crippen LogP contribution < -0.4 is 5.63 Å². The Morgan fingerprint density at radius 2 is 1.77 bits per heavy atom. The zero-order chi connectivity index (χ0) is 21.8. The van der Waals surface area contributed by atoms with Crippen LogP contribution in [0.1, 0.15) is 35.3 Å². The van der Waals surface area contributed by atoms with Gasteiger partial charge >= 0.3 is 5.63 Å². The number of rotatable bonds is 4. The normalized spacial score (nSPS) is 18.3. The predicted molar refractivity (Wildman–Crippen MR) is 115 cm³/mol. The summed E-state index contributed by atoms with van der Waals surface area (Å²) in [7, 11) is -1.44. The van der Waals surface area contributed by atoms with E-state index in [1.807, 2.05) is 26.8 Å². The molecule has 1 saturated heterocycles. The van der Waals surface area contributed by atoms with E-state index in [1.165, 1.54) is 4.90 Å². The topological polar surface area (TPSA) is 97.8 Å². The fraction of sp³-hybridized carbons (Fsp3) is 0.455. The van der Waals surface area contributed by atoms with Crippen LogP contribution in [-0.4, -0.2) is 43.8 Å². The highest BCUT2D eigenvalue weighted by Crippen LogP contribution is 2.31. The van der Waals surface area contributed by atoms with Crippen LogP contribution in [0.5, 0.6) is 0 Å². The molecule has 0 bridgehead atoms. The van der Waals surface area contributed by atoms with E-state index in [1.54, 1.807) is 13.1 Å². The molecule has 0 unspecified atom stereocenters. The average molecular weight is 432 g/mol. The molecule has 1 aliphatic rings.